The smallest absolute Gasteiger partial charge is 0.286 e. The number of hydrogen-bond donors (Lipinski definition) is 3. The van der Waals surface area contributed by atoms with Crippen LogP contribution in [0.5, 0.6) is 0 Å². The highest BCUT2D eigenvalue weighted by Crippen LogP contribution is 2.26. The number of aromatic nitrogens is 1. The van der Waals surface area contributed by atoms with E-state index in [1.165, 1.54) is 0 Å². The van der Waals surface area contributed by atoms with E-state index in [9.17, 15) is 9.59 Å². The van der Waals surface area contributed by atoms with E-state index in [1.54, 1.807) is 18.3 Å². The number of hydrogen-bond acceptors (Lipinski definition) is 2. The molecule has 0 saturated carbocycles. The zero-order valence-corrected chi connectivity index (χ0v) is 12.8. The second kappa shape index (κ2) is 7.45. The lowest BCUT2D eigenvalue weighted by Gasteiger charge is -2.22. The number of rotatable bonds is 5. The van der Waals surface area contributed by atoms with E-state index in [4.69, 9.17) is 0 Å². The van der Waals surface area contributed by atoms with Gasteiger partial charge >= 0.3 is 0 Å². The highest BCUT2D eigenvalue weighted by molar-refractivity contribution is 5.94. The fourth-order valence-electron chi connectivity index (χ4n) is 2.37. The molecule has 0 aliphatic carbocycles. The van der Waals surface area contributed by atoms with Gasteiger partial charge in [0.2, 0.25) is 5.91 Å². The number of carbonyl (C=O) groups is 2. The first-order chi connectivity index (χ1) is 10.6. The Hall–Kier alpha value is -2.56. The number of nitrogens with one attached hydrogen (secondary N) is 3. The molecule has 0 radical (unpaired) electrons. The Kier molecular flexibility index (Phi) is 5.36. The van der Waals surface area contributed by atoms with Crippen LogP contribution in [0, 0.1) is 5.92 Å². The first-order valence-corrected chi connectivity index (χ1v) is 7.42. The van der Waals surface area contributed by atoms with Crippen molar-refractivity contribution in [3.05, 3.63) is 59.9 Å². The van der Waals surface area contributed by atoms with Gasteiger partial charge in [-0.15, -0.1) is 0 Å². The number of hydrazine groups is 1. The maximum Gasteiger partial charge on any atom is 0.286 e. The highest BCUT2D eigenvalue weighted by Gasteiger charge is 2.26. The van der Waals surface area contributed by atoms with Crippen molar-refractivity contribution in [2.45, 2.75) is 26.2 Å². The summed E-state index contributed by atoms with van der Waals surface area (Å²) >= 11 is 0. The van der Waals surface area contributed by atoms with Gasteiger partial charge in [0.1, 0.15) is 5.69 Å². The Morgan fingerprint density at radius 3 is 2.41 bits per heavy atom. The van der Waals surface area contributed by atoms with Crippen molar-refractivity contribution in [1.29, 1.82) is 0 Å². The lowest BCUT2D eigenvalue weighted by molar-refractivity contribution is -0.124. The minimum atomic E-state index is -0.366. The molecule has 0 bridgehead atoms. The first-order valence-electron chi connectivity index (χ1n) is 7.42. The molecule has 2 rings (SSSR count). The number of amides is 2. The molecule has 22 heavy (non-hydrogen) atoms. The third kappa shape index (κ3) is 3.75. The van der Waals surface area contributed by atoms with E-state index >= 15 is 0 Å². The summed E-state index contributed by atoms with van der Waals surface area (Å²) in [5, 5.41) is 0. The monoisotopic (exact) mass is 299 g/mol. The molecule has 2 amide bonds. The van der Waals surface area contributed by atoms with E-state index < -0.39 is 0 Å². The lowest BCUT2D eigenvalue weighted by Crippen LogP contribution is -2.45. The second-order valence-electron chi connectivity index (χ2n) is 5.30. The SMILES string of the molecule is CCC(C)C(C(=O)NNC(=O)c1ccc[nH]1)c1ccccc1. The van der Waals surface area contributed by atoms with Gasteiger partial charge in [-0.2, -0.15) is 0 Å². The minimum Gasteiger partial charge on any atom is -0.357 e. The quantitative estimate of drug-likeness (QED) is 0.742. The average Bonchev–Trinajstić information content (AvgIpc) is 3.08. The molecule has 1 aromatic heterocycles. The van der Waals surface area contributed by atoms with Crippen molar-refractivity contribution in [3.8, 4) is 0 Å². The molecular weight excluding hydrogens is 278 g/mol. The molecule has 116 valence electrons. The van der Waals surface area contributed by atoms with Crippen LogP contribution < -0.4 is 10.9 Å². The van der Waals surface area contributed by atoms with E-state index in [-0.39, 0.29) is 23.7 Å². The van der Waals surface area contributed by atoms with Crippen LogP contribution in [-0.2, 0) is 4.79 Å². The molecule has 0 aliphatic heterocycles. The number of benzene rings is 1. The zero-order chi connectivity index (χ0) is 15.9. The molecule has 3 N–H and O–H groups in total. The Bertz CT molecular complexity index is 608. The summed E-state index contributed by atoms with van der Waals surface area (Å²) in [6.07, 6.45) is 2.53. The van der Waals surface area contributed by atoms with E-state index in [2.05, 4.69) is 15.8 Å². The van der Waals surface area contributed by atoms with Gasteiger partial charge in [-0.1, -0.05) is 50.6 Å². The third-order valence-electron chi connectivity index (χ3n) is 3.80. The average molecular weight is 299 g/mol. The standard InChI is InChI=1S/C17H21N3O2/c1-3-12(2)15(13-8-5-4-6-9-13)17(22)20-19-16(21)14-10-7-11-18-14/h4-12,15,18H,3H2,1-2H3,(H,19,21)(H,20,22). The zero-order valence-electron chi connectivity index (χ0n) is 12.8. The van der Waals surface area contributed by atoms with Crippen molar-refractivity contribution in [3.63, 3.8) is 0 Å². The van der Waals surface area contributed by atoms with Gasteiger partial charge in [-0.25, -0.2) is 0 Å². The van der Waals surface area contributed by atoms with Crippen molar-refractivity contribution < 1.29 is 9.59 Å². The number of carbonyl (C=O) groups excluding carboxylic acids is 2. The normalized spacial score (nSPS) is 13.2. The molecule has 1 aromatic carbocycles. The van der Waals surface area contributed by atoms with E-state index in [0.29, 0.717) is 5.69 Å². The van der Waals surface area contributed by atoms with Crippen LogP contribution >= 0.6 is 0 Å². The van der Waals surface area contributed by atoms with E-state index in [0.717, 1.165) is 12.0 Å². The van der Waals surface area contributed by atoms with Gasteiger partial charge in [0.25, 0.3) is 5.91 Å². The van der Waals surface area contributed by atoms with Crippen LogP contribution in [0.2, 0.25) is 0 Å². The molecule has 0 fully saturated rings. The summed E-state index contributed by atoms with van der Waals surface area (Å²) in [5.41, 5.74) is 6.32. The van der Waals surface area contributed by atoms with Crippen molar-refractivity contribution in [2.24, 2.45) is 5.92 Å². The highest BCUT2D eigenvalue weighted by atomic mass is 16.2. The Morgan fingerprint density at radius 1 is 1.09 bits per heavy atom. The maximum atomic E-state index is 12.5. The van der Waals surface area contributed by atoms with Crippen LogP contribution in [0.1, 0.15) is 42.2 Å². The van der Waals surface area contributed by atoms with Crippen LogP contribution in [-0.4, -0.2) is 16.8 Å². The van der Waals surface area contributed by atoms with Gasteiger partial charge in [0.15, 0.2) is 0 Å². The van der Waals surface area contributed by atoms with Crippen LogP contribution in [0.3, 0.4) is 0 Å². The molecule has 0 aliphatic rings. The topological polar surface area (TPSA) is 74.0 Å². The molecular formula is C17H21N3O2. The predicted octanol–water partition coefficient (Wildman–Crippen LogP) is 2.61. The molecule has 2 aromatic rings. The molecule has 5 nitrogen and oxygen atoms in total. The fourth-order valence-corrected chi connectivity index (χ4v) is 2.37. The van der Waals surface area contributed by atoms with Gasteiger partial charge < -0.3 is 4.98 Å². The summed E-state index contributed by atoms with van der Waals surface area (Å²) in [6, 6.07) is 13.0. The number of H-pyrrole nitrogens is 1. The summed E-state index contributed by atoms with van der Waals surface area (Å²) in [5.74, 6) is -0.699. The molecule has 2 unspecified atom stereocenters. The summed E-state index contributed by atoms with van der Waals surface area (Å²) < 4.78 is 0. The minimum absolute atomic E-state index is 0.171. The Labute approximate surface area is 130 Å². The summed E-state index contributed by atoms with van der Waals surface area (Å²) in [6.45, 7) is 4.08. The predicted molar refractivity (Wildman–Crippen MR) is 85.0 cm³/mol. The molecule has 5 heteroatoms. The van der Waals surface area contributed by atoms with Crippen molar-refractivity contribution in [2.75, 3.05) is 0 Å². The van der Waals surface area contributed by atoms with Crippen LogP contribution in [0.15, 0.2) is 48.7 Å². The van der Waals surface area contributed by atoms with Gasteiger partial charge in [-0.3, -0.25) is 20.4 Å². The Morgan fingerprint density at radius 2 is 1.82 bits per heavy atom. The van der Waals surface area contributed by atoms with Crippen molar-refractivity contribution >= 4 is 11.8 Å². The van der Waals surface area contributed by atoms with Gasteiger partial charge in [0.05, 0.1) is 5.92 Å². The summed E-state index contributed by atoms with van der Waals surface area (Å²) in [7, 11) is 0. The van der Waals surface area contributed by atoms with Crippen molar-refractivity contribution in [1.82, 2.24) is 15.8 Å². The molecule has 0 saturated heterocycles. The largest absolute Gasteiger partial charge is 0.357 e. The summed E-state index contributed by atoms with van der Waals surface area (Å²) in [4.78, 5) is 27.1. The third-order valence-corrected chi connectivity index (χ3v) is 3.80. The van der Waals surface area contributed by atoms with Crippen LogP contribution in [0.25, 0.3) is 0 Å². The van der Waals surface area contributed by atoms with Gasteiger partial charge in [0, 0.05) is 6.20 Å². The van der Waals surface area contributed by atoms with Crippen LogP contribution in [0.4, 0.5) is 0 Å². The fraction of sp³-hybridized carbons (Fsp3) is 0.294. The molecule has 0 spiro atoms. The van der Waals surface area contributed by atoms with Gasteiger partial charge in [-0.05, 0) is 23.6 Å². The van der Waals surface area contributed by atoms with E-state index in [1.807, 2.05) is 44.2 Å². The lowest BCUT2D eigenvalue weighted by atomic mass is 9.85. The molecule has 1 heterocycles. The second-order valence-corrected chi connectivity index (χ2v) is 5.30. The maximum absolute atomic E-state index is 12.5. The molecule has 2 atom stereocenters. The Balaban J connectivity index is 2.05. The number of aromatic amines is 1. The first kappa shape index (κ1) is 15.8.